The predicted octanol–water partition coefficient (Wildman–Crippen LogP) is 2.82. The molecule has 1 aromatic rings. The third-order valence-corrected chi connectivity index (χ3v) is 5.54. The Balaban J connectivity index is 2.20. The third kappa shape index (κ3) is 4.27. The lowest BCUT2D eigenvalue weighted by atomic mass is 10.2. The van der Waals surface area contributed by atoms with E-state index in [-0.39, 0.29) is 34.2 Å². The molecule has 1 aliphatic rings. The molecular weight excluding hydrogens is 347 g/mol. The molecule has 22 heavy (non-hydrogen) atoms. The number of sulfonamides is 1. The van der Waals surface area contributed by atoms with Gasteiger partial charge in [0.05, 0.1) is 22.0 Å². The first kappa shape index (κ1) is 17.4. The minimum Gasteiger partial charge on any atom is -0.352 e. The van der Waals surface area contributed by atoms with E-state index in [2.05, 4.69) is 5.32 Å². The van der Waals surface area contributed by atoms with Crippen molar-refractivity contribution in [2.24, 2.45) is 0 Å². The highest BCUT2D eigenvalue weighted by Gasteiger charge is 2.25. The van der Waals surface area contributed by atoms with Crippen LogP contribution in [-0.4, -0.2) is 33.2 Å². The van der Waals surface area contributed by atoms with Gasteiger partial charge in [-0.2, -0.15) is 0 Å². The van der Waals surface area contributed by atoms with Gasteiger partial charge >= 0.3 is 0 Å². The molecule has 8 heteroatoms. The average Bonchev–Trinajstić information content (AvgIpc) is 2.91. The Morgan fingerprint density at radius 3 is 2.55 bits per heavy atom. The van der Waals surface area contributed by atoms with Gasteiger partial charge in [-0.05, 0) is 25.0 Å². The molecule has 0 radical (unpaired) electrons. The first-order valence-corrected chi connectivity index (χ1v) is 9.60. The van der Waals surface area contributed by atoms with Gasteiger partial charge in [0.2, 0.25) is 15.9 Å². The molecule has 0 spiro atoms. The number of nitrogens with zero attached hydrogens (tertiary/aromatic N) is 1. The summed E-state index contributed by atoms with van der Waals surface area (Å²) in [4.78, 5) is 12.1. The van der Waals surface area contributed by atoms with Crippen LogP contribution in [0.25, 0.3) is 0 Å². The number of halogens is 2. The fraction of sp³-hybridized carbons (Fsp3) is 0.500. The maximum absolute atomic E-state index is 12.1. The highest BCUT2D eigenvalue weighted by Crippen LogP contribution is 2.33. The predicted molar refractivity (Wildman–Crippen MR) is 89.1 cm³/mol. The Labute approximate surface area is 140 Å². The molecule has 0 saturated heterocycles. The van der Waals surface area contributed by atoms with E-state index in [4.69, 9.17) is 23.2 Å². The number of rotatable bonds is 5. The van der Waals surface area contributed by atoms with Crippen LogP contribution >= 0.6 is 23.2 Å². The second-order valence-corrected chi connectivity index (χ2v) is 8.08. The summed E-state index contributed by atoms with van der Waals surface area (Å²) in [5.41, 5.74) is 0.207. The zero-order chi connectivity index (χ0) is 16.3. The van der Waals surface area contributed by atoms with E-state index >= 15 is 0 Å². The van der Waals surface area contributed by atoms with Crippen molar-refractivity contribution in [3.63, 3.8) is 0 Å². The molecule has 1 fully saturated rings. The van der Waals surface area contributed by atoms with Crippen molar-refractivity contribution in [2.45, 2.75) is 31.7 Å². The third-order valence-electron chi connectivity index (χ3n) is 3.61. The molecule has 0 heterocycles. The molecule has 1 aromatic carbocycles. The Morgan fingerprint density at radius 2 is 1.95 bits per heavy atom. The van der Waals surface area contributed by atoms with E-state index < -0.39 is 10.0 Å². The zero-order valence-corrected chi connectivity index (χ0v) is 14.5. The van der Waals surface area contributed by atoms with Gasteiger partial charge in [0.25, 0.3) is 0 Å². The molecule has 1 N–H and O–H groups in total. The molecule has 5 nitrogen and oxygen atoms in total. The number of amides is 1. The second kappa shape index (κ2) is 7.06. The summed E-state index contributed by atoms with van der Waals surface area (Å²) in [6.07, 6.45) is 5.07. The summed E-state index contributed by atoms with van der Waals surface area (Å²) >= 11 is 12.0. The first-order valence-electron chi connectivity index (χ1n) is 7.00. The van der Waals surface area contributed by atoms with E-state index in [9.17, 15) is 13.2 Å². The first-order chi connectivity index (χ1) is 10.3. The molecule has 1 amide bonds. The summed E-state index contributed by atoms with van der Waals surface area (Å²) in [5.74, 6) is -0.339. The summed E-state index contributed by atoms with van der Waals surface area (Å²) in [5, 5.41) is 3.22. The van der Waals surface area contributed by atoms with Gasteiger partial charge in [-0.25, -0.2) is 8.42 Å². The number of hydrogen-bond acceptors (Lipinski definition) is 3. The van der Waals surface area contributed by atoms with Gasteiger partial charge in [0.1, 0.15) is 6.54 Å². The van der Waals surface area contributed by atoms with Gasteiger partial charge in [-0.3, -0.25) is 9.10 Å². The second-order valence-electron chi connectivity index (χ2n) is 5.39. The lowest BCUT2D eigenvalue weighted by Crippen LogP contribution is -2.43. The minimum absolute atomic E-state index is 0.114. The van der Waals surface area contributed by atoms with Crippen LogP contribution in [0, 0.1) is 0 Å². The maximum Gasteiger partial charge on any atom is 0.240 e. The number of benzene rings is 1. The van der Waals surface area contributed by atoms with Crippen molar-refractivity contribution in [3.05, 3.63) is 28.2 Å². The summed E-state index contributed by atoms with van der Waals surface area (Å²) in [7, 11) is -3.66. The normalized spacial score (nSPS) is 15.8. The highest BCUT2D eigenvalue weighted by molar-refractivity contribution is 7.92. The lowest BCUT2D eigenvalue weighted by Gasteiger charge is -2.24. The van der Waals surface area contributed by atoms with Crippen LogP contribution in [0.3, 0.4) is 0 Å². The van der Waals surface area contributed by atoms with Crippen LogP contribution in [0.5, 0.6) is 0 Å². The maximum atomic E-state index is 12.1. The summed E-state index contributed by atoms with van der Waals surface area (Å²) in [6, 6.07) is 4.81. The molecule has 0 bridgehead atoms. The average molecular weight is 365 g/mol. The Bertz CT molecular complexity index is 658. The Kier molecular flexibility index (Phi) is 5.58. The van der Waals surface area contributed by atoms with Crippen LogP contribution in [0.1, 0.15) is 25.7 Å². The highest BCUT2D eigenvalue weighted by atomic mass is 35.5. The van der Waals surface area contributed by atoms with Crippen molar-refractivity contribution in [2.75, 3.05) is 17.1 Å². The molecule has 1 aliphatic carbocycles. The van der Waals surface area contributed by atoms with Crippen LogP contribution in [0.4, 0.5) is 5.69 Å². The number of hydrogen-bond donors (Lipinski definition) is 1. The van der Waals surface area contributed by atoms with Crippen LogP contribution in [0.15, 0.2) is 18.2 Å². The number of anilines is 1. The van der Waals surface area contributed by atoms with Gasteiger partial charge in [0, 0.05) is 6.04 Å². The van der Waals surface area contributed by atoms with E-state index in [1.54, 1.807) is 12.1 Å². The van der Waals surface area contributed by atoms with Crippen molar-refractivity contribution in [3.8, 4) is 0 Å². The quantitative estimate of drug-likeness (QED) is 0.873. The standard InChI is InChI=1S/C14H18Cl2N2O3S/c1-22(20,21)18(12-8-4-7-11(15)14(12)16)9-13(19)17-10-5-2-3-6-10/h4,7-8,10H,2-3,5-6,9H2,1H3,(H,17,19). The SMILES string of the molecule is CS(=O)(=O)N(CC(=O)NC1CCCC1)c1cccc(Cl)c1Cl. The Hall–Kier alpha value is -0.980. The van der Waals surface area contributed by atoms with Crippen molar-refractivity contribution >= 4 is 44.8 Å². The summed E-state index contributed by atoms with van der Waals surface area (Å²) in [6.45, 7) is -0.310. The molecule has 0 unspecified atom stereocenters. The van der Waals surface area contributed by atoms with Gasteiger partial charge < -0.3 is 5.32 Å². The van der Waals surface area contributed by atoms with E-state index in [0.717, 1.165) is 36.2 Å². The van der Waals surface area contributed by atoms with Crippen LogP contribution in [0.2, 0.25) is 10.0 Å². The van der Waals surface area contributed by atoms with Gasteiger partial charge in [-0.1, -0.05) is 42.1 Å². The number of carbonyl (C=O) groups excluding carboxylic acids is 1. The topological polar surface area (TPSA) is 66.5 Å². The summed E-state index contributed by atoms with van der Waals surface area (Å²) < 4.78 is 25.0. The number of nitrogens with one attached hydrogen (secondary N) is 1. The smallest absolute Gasteiger partial charge is 0.240 e. The van der Waals surface area contributed by atoms with Gasteiger partial charge in [0.15, 0.2) is 0 Å². The molecule has 1 saturated carbocycles. The van der Waals surface area contributed by atoms with Crippen molar-refractivity contribution in [1.82, 2.24) is 5.32 Å². The molecule has 122 valence electrons. The fourth-order valence-corrected chi connectivity index (χ4v) is 3.85. The van der Waals surface area contributed by atoms with Gasteiger partial charge in [-0.15, -0.1) is 0 Å². The van der Waals surface area contributed by atoms with Crippen molar-refractivity contribution < 1.29 is 13.2 Å². The zero-order valence-electron chi connectivity index (χ0n) is 12.2. The van der Waals surface area contributed by atoms with E-state index in [1.165, 1.54) is 6.07 Å². The Morgan fingerprint density at radius 1 is 1.32 bits per heavy atom. The fourth-order valence-electron chi connectivity index (χ4n) is 2.54. The molecular formula is C14H18Cl2N2O3S. The monoisotopic (exact) mass is 364 g/mol. The molecule has 0 atom stereocenters. The molecule has 2 rings (SSSR count). The number of carbonyl (C=O) groups is 1. The van der Waals surface area contributed by atoms with E-state index in [0.29, 0.717) is 0 Å². The van der Waals surface area contributed by atoms with E-state index in [1.807, 2.05) is 0 Å². The largest absolute Gasteiger partial charge is 0.352 e. The van der Waals surface area contributed by atoms with Crippen molar-refractivity contribution in [1.29, 1.82) is 0 Å². The van der Waals surface area contributed by atoms with Crippen LogP contribution < -0.4 is 9.62 Å². The van der Waals surface area contributed by atoms with Crippen LogP contribution in [-0.2, 0) is 14.8 Å². The minimum atomic E-state index is -3.66. The molecule has 0 aromatic heterocycles. The molecule has 0 aliphatic heterocycles. The lowest BCUT2D eigenvalue weighted by molar-refractivity contribution is -0.120.